The van der Waals surface area contributed by atoms with Crippen LogP contribution in [0.3, 0.4) is 0 Å². The molecular formula is C24H16N2S. The summed E-state index contributed by atoms with van der Waals surface area (Å²) in [6.45, 7) is 0. The second-order valence-electron chi connectivity index (χ2n) is 6.35. The summed E-state index contributed by atoms with van der Waals surface area (Å²) in [5, 5.41) is 0.950. The normalized spacial score (nSPS) is 11.0. The van der Waals surface area contributed by atoms with E-state index in [2.05, 4.69) is 60.7 Å². The van der Waals surface area contributed by atoms with Crippen LogP contribution in [0.4, 0.5) is 0 Å². The van der Waals surface area contributed by atoms with Crippen LogP contribution in [0.5, 0.6) is 0 Å². The molecule has 27 heavy (non-hydrogen) atoms. The average molecular weight is 364 g/mol. The number of benzene rings is 3. The molecule has 0 aliphatic heterocycles. The summed E-state index contributed by atoms with van der Waals surface area (Å²) in [6.07, 6.45) is 0. The Bertz CT molecular complexity index is 1120. The highest BCUT2D eigenvalue weighted by Crippen LogP contribution is 2.33. The summed E-state index contributed by atoms with van der Waals surface area (Å²) in [6, 6.07) is 33.3. The highest BCUT2D eigenvalue weighted by atomic mass is 32.1. The monoisotopic (exact) mass is 364 g/mol. The van der Waals surface area contributed by atoms with Gasteiger partial charge in [-0.05, 0) is 35.4 Å². The molecule has 0 aliphatic rings. The van der Waals surface area contributed by atoms with Crippen LogP contribution in [0.25, 0.3) is 43.3 Å². The summed E-state index contributed by atoms with van der Waals surface area (Å²) in [5.74, 6) is 0. The molecule has 0 aliphatic carbocycles. The van der Waals surface area contributed by atoms with E-state index in [-0.39, 0.29) is 0 Å². The summed E-state index contributed by atoms with van der Waals surface area (Å²) in [4.78, 5) is 9.75. The molecule has 0 bridgehead atoms. The fraction of sp³-hybridized carbons (Fsp3) is 0. The zero-order chi connectivity index (χ0) is 18.1. The van der Waals surface area contributed by atoms with Crippen LogP contribution in [0, 0.1) is 0 Å². The molecular weight excluding hydrogens is 348 g/mol. The molecule has 0 radical (unpaired) electrons. The van der Waals surface area contributed by atoms with Crippen LogP contribution >= 0.6 is 11.3 Å². The van der Waals surface area contributed by atoms with E-state index in [1.54, 1.807) is 11.3 Å². The van der Waals surface area contributed by atoms with Gasteiger partial charge in [-0.25, -0.2) is 9.97 Å². The number of hydrogen-bond acceptors (Lipinski definition) is 3. The van der Waals surface area contributed by atoms with Gasteiger partial charge in [0, 0.05) is 5.56 Å². The first kappa shape index (κ1) is 15.9. The molecule has 0 unspecified atom stereocenters. The highest BCUT2D eigenvalue weighted by Gasteiger charge is 2.12. The Morgan fingerprint density at radius 1 is 0.519 bits per heavy atom. The van der Waals surface area contributed by atoms with Crippen LogP contribution < -0.4 is 0 Å². The molecule has 3 heteroatoms. The number of aromatic nitrogens is 2. The second-order valence-corrected chi connectivity index (χ2v) is 7.38. The van der Waals surface area contributed by atoms with Crippen molar-refractivity contribution in [3.63, 3.8) is 0 Å². The molecule has 0 saturated carbocycles. The lowest BCUT2D eigenvalue weighted by atomic mass is 10.0. The van der Waals surface area contributed by atoms with Crippen molar-refractivity contribution < 1.29 is 0 Å². The van der Waals surface area contributed by atoms with E-state index in [0.29, 0.717) is 0 Å². The Labute approximate surface area is 161 Å². The molecule has 0 saturated heterocycles. The van der Waals surface area contributed by atoms with Gasteiger partial charge in [0.2, 0.25) is 0 Å². The molecule has 0 N–H and O–H groups in total. The first-order valence-corrected chi connectivity index (χ1v) is 9.67. The number of thiazole rings is 1. The Kier molecular flexibility index (Phi) is 4.00. The van der Waals surface area contributed by atoms with Gasteiger partial charge >= 0.3 is 0 Å². The fourth-order valence-corrected chi connectivity index (χ4v) is 4.10. The summed E-state index contributed by atoms with van der Waals surface area (Å²) in [7, 11) is 0. The smallest absolute Gasteiger partial charge is 0.143 e. The largest absolute Gasteiger partial charge is 0.245 e. The van der Waals surface area contributed by atoms with Crippen LogP contribution in [0.15, 0.2) is 97.1 Å². The van der Waals surface area contributed by atoms with E-state index in [0.717, 1.165) is 33.0 Å². The van der Waals surface area contributed by atoms with E-state index in [1.807, 2.05) is 36.4 Å². The van der Waals surface area contributed by atoms with Crippen molar-refractivity contribution in [1.29, 1.82) is 0 Å². The van der Waals surface area contributed by atoms with Gasteiger partial charge in [-0.15, -0.1) is 11.3 Å². The van der Waals surface area contributed by atoms with Crippen LogP contribution in [0.1, 0.15) is 0 Å². The SMILES string of the molecule is c1ccc(-c2cc(-c3ccccc3)nc(-c3nc4ccccc4s3)c2)cc1. The zero-order valence-corrected chi connectivity index (χ0v) is 15.4. The summed E-state index contributed by atoms with van der Waals surface area (Å²) >= 11 is 1.68. The van der Waals surface area contributed by atoms with Crippen molar-refractivity contribution in [2.24, 2.45) is 0 Å². The first-order valence-electron chi connectivity index (χ1n) is 8.86. The van der Waals surface area contributed by atoms with Crippen molar-refractivity contribution in [2.75, 3.05) is 0 Å². The molecule has 0 spiro atoms. The predicted octanol–water partition coefficient (Wildman–Crippen LogP) is 6.69. The molecule has 128 valence electrons. The quantitative estimate of drug-likeness (QED) is 0.356. The van der Waals surface area contributed by atoms with Crippen molar-refractivity contribution in [2.45, 2.75) is 0 Å². The van der Waals surface area contributed by atoms with Gasteiger partial charge in [0.15, 0.2) is 0 Å². The average Bonchev–Trinajstić information content (AvgIpc) is 3.19. The van der Waals surface area contributed by atoms with E-state index in [1.165, 1.54) is 10.3 Å². The zero-order valence-electron chi connectivity index (χ0n) is 14.5. The molecule has 2 heterocycles. The molecule has 0 atom stereocenters. The number of nitrogens with zero attached hydrogens (tertiary/aromatic N) is 2. The number of fused-ring (bicyclic) bond motifs is 1. The van der Waals surface area contributed by atoms with Gasteiger partial charge in [0.25, 0.3) is 0 Å². The van der Waals surface area contributed by atoms with Crippen molar-refractivity contribution in [1.82, 2.24) is 9.97 Å². The number of rotatable bonds is 3. The predicted molar refractivity (Wildman–Crippen MR) is 114 cm³/mol. The lowest BCUT2D eigenvalue weighted by Crippen LogP contribution is -1.90. The Morgan fingerprint density at radius 3 is 1.89 bits per heavy atom. The minimum Gasteiger partial charge on any atom is -0.245 e. The molecule has 0 amide bonds. The van der Waals surface area contributed by atoms with E-state index in [4.69, 9.17) is 9.97 Å². The summed E-state index contributed by atoms with van der Waals surface area (Å²) in [5.41, 5.74) is 6.34. The molecule has 2 aromatic heterocycles. The lowest BCUT2D eigenvalue weighted by Gasteiger charge is -2.08. The second kappa shape index (κ2) is 6.78. The maximum absolute atomic E-state index is 4.94. The van der Waals surface area contributed by atoms with E-state index >= 15 is 0 Å². The fourth-order valence-electron chi connectivity index (χ4n) is 3.18. The van der Waals surface area contributed by atoms with Crippen LogP contribution in [-0.4, -0.2) is 9.97 Å². The van der Waals surface area contributed by atoms with Crippen molar-refractivity contribution in [3.05, 3.63) is 97.1 Å². The van der Waals surface area contributed by atoms with Crippen molar-refractivity contribution in [3.8, 4) is 33.1 Å². The maximum Gasteiger partial charge on any atom is 0.143 e. The van der Waals surface area contributed by atoms with Crippen molar-refractivity contribution >= 4 is 21.6 Å². The van der Waals surface area contributed by atoms with E-state index < -0.39 is 0 Å². The Balaban J connectivity index is 1.72. The Hall–Kier alpha value is -3.30. The maximum atomic E-state index is 4.94. The standard InChI is InChI=1S/C24H16N2S/c1-3-9-17(10-4-1)19-15-21(18-11-5-2-6-12-18)25-22(16-19)24-26-20-13-7-8-14-23(20)27-24/h1-16H. The lowest BCUT2D eigenvalue weighted by molar-refractivity contribution is 1.30. The van der Waals surface area contributed by atoms with Gasteiger partial charge in [0.05, 0.1) is 15.9 Å². The third kappa shape index (κ3) is 3.14. The molecule has 2 nitrogen and oxygen atoms in total. The molecule has 0 fully saturated rings. The minimum absolute atomic E-state index is 0.913. The first-order chi connectivity index (χ1) is 13.4. The number of pyridine rings is 1. The Morgan fingerprint density at radius 2 is 1.15 bits per heavy atom. The third-order valence-electron chi connectivity index (χ3n) is 4.52. The van der Waals surface area contributed by atoms with Gasteiger partial charge in [-0.1, -0.05) is 72.8 Å². The third-order valence-corrected chi connectivity index (χ3v) is 5.57. The van der Waals surface area contributed by atoms with Crippen LogP contribution in [-0.2, 0) is 0 Å². The van der Waals surface area contributed by atoms with E-state index in [9.17, 15) is 0 Å². The van der Waals surface area contributed by atoms with Gasteiger partial charge in [-0.3, -0.25) is 0 Å². The minimum atomic E-state index is 0.913. The molecule has 5 aromatic rings. The van der Waals surface area contributed by atoms with Gasteiger partial charge < -0.3 is 0 Å². The van der Waals surface area contributed by atoms with Crippen LogP contribution in [0.2, 0.25) is 0 Å². The molecule has 5 rings (SSSR count). The number of para-hydroxylation sites is 1. The highest BCUT2D eigenvalue weighted by molar-refractivity contribution is 7.21. The topological polar surface area (TPSA) is 25.8 Å². The summed E-state index contributed by atoms with van der Waals surface area (Å²) < 4.78 is 1.18. The molecule has 3 aromatic carbocycles. The van der Waals surface area contributed by atoms with Gasteiger partial charge in [-0.2, -0.15) is 0 Å². The number of hydrogen-bond donors (Lipinski definition) is 0. The van der Waals surface area contributed by atoms with Gasteiger partial charge in [0.1, 0.15) is 10.7 Å².